The van der Waals surface area contributed by atoms with Gasteiger partial charge in [-0.05, 0) is 19.1 Å². The van der Waals surface area contributed by atoms with Crippen molar-refractivity contribution in [2.45, 2.75) is 19.9 Å². The lowest BCUT2D eigenvalue weighted by molar-refractivity contribution is -0.128. The number of nitrogens with zero attached hydrogens (tertiary/aromatic N) is 1. The monoisotopic (exact) mass is 250 g/mol. The van der Waals surface area contributed by atoms with Gasteiger partial charge >= 0.3 is 0 Å². The minimum absolute atomic E-state index is 0.321. The summed E-state index contributed by atoms with van der Waals surface area (Å²) in [7, 11) is 0. The maximum atomic E-state index is 11.6. The Bertz CT molecular complexity index is 447. The number of carbonyl (C=O) groups is 3. The van der Waals surface area contributed by atoms with E-state index >= 15 is 0 Å². The van der Waals surface area contributed by atoms with E-state index in [2.05, 4.69) is 21.2 Å². The Morgan fingerprint density at radius 3 is 2.33 bits per heavy atom. The van der Waals surface area contributed by atoms with E-state index in [1.54, 1.807) is 0 Å². The number of amides is 3. The van der Waals surface area contributed by atoms with Crippen molar-refractivity contribution in [2.24, 2.45) is 0 Å². The van der Waals surface area contributed by atoms with Crippen LogP contribution in [0.15, 0.2) is 24.5 Å². The van der Waals surface area contributed by atoms with E-state index in [0.717, 1.165) is 0 Å². The number of carbonyl (C=O) groups excluding carboxylic acids is 3. The van der Waals surface area contributed by atoms with Gasteiger partial charge in [-0.2, -0.15) is 0 Å². The molecule has 0 saturated carbocycles. The van der Waals surface area contributed by atoms with Gasteiger partial charge in [0.2, 0.25) is 5.91 Å². The van der Waals surface area contributed by atoms with Gasteiger partial charge in [-0.1, -0.05) is 0 Å². The molecule has 1 rings (SSSR count). The maximum Gasteiger partial charge on any atom is 0.269 e. The number of aromatic nitrogens is 1. The fraction of sp³-hybridized carbons (Fsp3) is 0.273. The average Bonchev–Trinajstić information content (AvgIpc) is 2.35. The number of rotatable bonds is 3. The third kappa shape index (κ3) is 4.20. The Hall–Kier alpha value is -2.44. The van der Waals surface area contributed by atoms with E-state index in [4.69, 9.17) is 0 Å². The van der Waals surface area contributed by atoms with Crippen LogP contribution < -0.4 is 16.2 Å². The van der Waals surface area contributed by atoms with Crippen LogP contribution in [0.1, 0.15) is 24.2 Å². The molecule has 1 unspecified atom stereocenters. The van der Waals surface area contributed by atoms with Gasteiger partial charge in [0, 0.05) is 24.9 Å². The zero-order valence-electron chi connectivity index (χ0n) is 10.1. The summed E-state index contributed by atoms with van der Waals surface area (Å²) >= 11 is 0. The number of nitrogens with one attached hydrogen (secondary N) is 3. The first kappa shape index (κ1) is 13.6. The average molecular weight is 250 g/mol. The molecular formula is C11H14N4O3. The first-order chi connectivity index (χ1) is 8.50. The zero-order valence-corrected chi connectivity index (χ0v) is 10.1. The van der Waals surface area contributed by atoms with Crippen LogP contribution in [-0.4, -0.2) is 28.7 Å². The summed E-state index contributed by atoms with van der Waals surface area (Å²) in [6, 6.07) is 2.30. The lowest BCUT2D eigenvalue weighted by Gasteiger charge is -2.13. The highest BCUT2D eigenvalue weighted by Gasteiger charge is 2.14. The van der Waals surface area contributed by atoms with Gasteiger partial charge in [-0.3, -0.25) is 30.2 Å². The molecule has 1 heterocycles. The largest absolute Gasteiger partial charge is 0.345 e. The molecule has 1 aromatic rings. The molecular weight excluding hydrogens is 236 g/mol. The van der Waals surface area contributed by atoms with Crippen molar-refractivity contribution in [3.05, 3.63) is 30.1 Å². The van der Waals surface area contributed by atoms with E-state index in [-0.39, 0.29) is 5.91 Å². The van der Waals surface area contributed by atoms with Gasteiger partial charge in [0.15, 0.2) is 0 Å². The molecule has 3 amide bonds. The van der Waals surface area contributed by atoms with Crippen LogP contribution >= 0.6 is 0 Å². The van der Waals surface area contributed by atoms with Crippen molar-refractivity contribution in [1.82, 2.24) is 21.2 Å². The summed E-state index contributed by atoms with van der Waals surface area (Å²) in [6.45, 7) is 2.81. The van der Waals surface area contributed by atoms with Crippen LogP contribution in [0.5, 0.6) is 0 Å². The molecule has 1 aromatic heterocycles. The van der Waals surface area contributed by atoms with Crippen molar-refractivity contribution in [2.75, 3.05) is 0 Å². The second kappa shape index (κ2) is 6.33. The van der Waals surface area contributed by atoms with Gasteiger partial charge in [0.25, 0.3) is 11.8 Å². The Morgan fingerprint density at radius 1 is 1.17 bits per heavy atom. The molecule has 7 nitrogen and oxygen atoms in total. The third-order valence-corrected chi connectivity index (χ3v) is 2.05. The maximum absolute atomic E-state index is 11.6. The summed E-state index contributed by atoms with van der Waals surface area (Å²) in [5.41, 5.74) is 4.82. The van der Waals surface area contributed by atoms with Crippen molar-refractivity contribution < 1.29 is 14.4 Å². The Kier molecular flexibility index (Phi) is 4.79. The molecule has 18 heavy (non-hydrogen) atoms. The second-order valence-electron chi connectivity index (χ2n) is 3.60. The molecule has 7 heteroatoms. The van der Waals surface area contributed by atoms with Crippen LogP contribution in [0.25, 0.3) is 0 Å². The SMILES string of the molecule is CC(=O)NC(C)C(=O)NNC(=O)c1ccncc1. The molecule has 0 saturated heterocycles. The smallest absolute Gasteiger partial charge is 0.269 e. The molecule has 0 radical (unpaired) electrons. The number of hydrazine groups is 1. The van der Waals surface area contributed by atoms with Crippen molar-refractivity contribution >= 4 is 17.7 Å². The van der Waals surface area contributed by atoms with E-state index in [0.29, 0.717) is 5.56 Å². The second-order valence-corrected chi connectivity index (χ2v) is 3.60. The molecule has 0 aliphatic carbocycles. The van der Waals surface area contributed by atoms with Crippen molar-refractivity contribution in [3.63, 3.8) is 0 Å². The molecule has 3 N–H and O–H groups in total. The van der Waals surface area contributed by atoms with Crippen molar-refractivity contribution in [3.8, 4) is 0 Å². The number of hydrogen-bond acceptors (Lipinski definition) is 4. The van der Waals surface area contributed by atoms with Gasteiger partial charge < -0.3 is 5.32 Å². The van der Waals surface area contributed by atoms with Crippen LogP contribution in [0.3, 0.4) is 0 Å². The highest BCUT2D eigenvalue weighted by atomic mass is 16.2. The lowest BCUT2D eigenvalue weighted by Crippen LogP contribution is -2.50. The van der Waals surface area contributed by atoms with Crippen LogP contribution in [-0.2, 0) is 9.59 Å². The molecule has 0 fully saturated rings. The van der Waals surface area contributed by atoms with Crippen LogP contribution in [0.2, 0.25) is 0 Å². The van der Waals surface area contributed by atoms with E-state index in [1.165, 1.54) is 38.4 Å². The first-order valence-corrected chi connectivity index (χ1v) is 5.28. The molecule has 1 atom stereocenters. The van der Waals surface area contributed by atoms with Crippen molar-refractivity contribution in [1.29, 1.82) is 0 Å². The van der Waals surface area contributed by atoms with E-state index < -0.39 is 17.9 Å². The lowest BCUT2D eigenvalue weighted by atomic mass is 10.2. The minimum Gasteiger partial charge on any atom is -0.345 e. The van der Waals surface area contributed by atoms with Crippen LogP contribution in [0.4, 0.5) is 0 Å². The normalized spacial score (nSPS) is 11.2. The predicted octanol–water partition coefficient (Wildman–Crippen LogP) is -0.633. The minimum atomic E-state index is -0.722. The molecule has 0 aliphatic rings. The van der Waals surface area contributed by atoms with Gasteiger partial charge in [-0.15, -0.1) is 0 Å². The first-order valence-electron chi connectivity index (χ1n) is 5.28. The Labute approximate surface area is 104 Å². The quantitative estimate of drug-likeness (QED) is 0.622. The topological polar surface area (TPSA) is 100 Å². The Morgan fingerprint density at radius 2 is 1.78 bits per heavy atom. The molecule has 96 valence electrons. The third-order valence-electron chi connectivity index (χ3n) is 2.05. The standard InChI is InChI=1S/C11H14N4O3/c1-7(13-8(2)16)10(17)14-15-11(18)9-3-5-12-6-4-9/h3-7H,1-2H3,(H,13,16)(H,14,17)(H,15,18). The summed E-state index contributed by atoms with van der Waals surface area (Å²) < 4.78 is 0. The summed E-state index contributed by atoms with van der Waals surface area (Å²) in [4.78, 5) is 37.5. The zero-order chi connectivity index (χ0) is 13.5. The van der Waals surface area contributed by atoms with Gasteiger partial charge in [0.05, 0.1) is 0 Å². The summed E-state index contributed by atoms with van der Waals surface area (Å²) in [6.07, 6.45) is 2.94. The Balaban J connectivity index is 2.44. The van der Waals surface area contributed by atoms with Crippen LogP contribution in [0, 0.1) is 0 Å². The highest BCUT2D eigenvalue weighted by Crippen LogP contribution is 1.94. The fourth-order valence-corrected chi connectivity index (χ4v) is 1.17. The summed E-state index contributed by atoms with van der Waals surface area (Å²) in [5, 5.41) is 2.39. The molecule has 0 aliphatic heterocycles. The van der Waals surface area contributed by atoms with E-state index in [1.807, 2.05) is 0 Å². The highest BCUT2D eigenvalue weighted by molar-refractivity contribution is 5.96. The summed E-state index contributed by atoms with van der Waals surface area (Å²) in [5.74, 6) is -1.29. The number of hydrogen-bond donors (Lipinski definition) is 3. The molecule has 0 spiro atoms. The van der Waals surface area contributed by atoms with Gasteiger partial charge in [-0.25, -0.2) is 0 Å². The predicted molar refractivity (Wildman–Crippen MR) is 63.1 cm³/mol. The molecule has 0 bridgehead atoms. The number of pyridine rings is 1. The fourth-order valence-electron chi connectivity index (χ4n) is 1.17. The molecule has 0 aromatic carbocycles. The van der Waals surface area contributed by atoms with Gasteiger partial charge in [0.1, 0.15) is 6.04 Å². The van der Waals surface area contributed by atoms with E-state index in [9.17, 15) is 14.4 Å².